The van der Waals surface area contributed by atoms with E-state index in [1.54, 1.807) is 18.2 Å². The van der Waals surface area contributed by atoms with Crippen LogP contribution >= 0.6 is 0 Å². The van der Waals surface area contributed by atoms with E-state index in [1.807, 2.05) is 18.2 Å². The number of urea groups is 1. The number of rotatable bonds is 3. The minimum Gasteiger partial charge on any atom is -0.548 e. The number of hydrogen-bond acceptors (Lipinski definition) is 4. The molecule has 8 heteroatoms. The Morgan fingerprint density at radius 3 is 2.75 bits per heavy atom. The van der Waals surface area contributed by atoms with E-state index in [-0.39, 0.29) is 64.4 Å². The van der Waals surface area contributed by atoms with Gasteiger partial charge in [-0.25, -0.2) is 9.18 Å². The molecule has 1 saturated heterocycles. The minimum atomic E-state index is -1.44. The van der Waals surface area contributed by atoms with Crippen LogP contribution in [0.3, 0.4) is 0 Å². The maximum atomic E-state index is 13.6. The number of carbonyl (C=O) groups excluding carboxylic acids is 2. The first-order valence-corrected chi connectivity index (χ1v) is 8.80. The van der Waals surface area contributed by atoms with E-state index in [4.69, 9.17) is 4.74 Å². The van der Waals surface area contributed by atoms with Crippen molar-refractivity contribution in [1.29, 1.82) is 0 Å². The molecule has 2 amide bonds. The number of ether oxygens (including phenoxy) is 1. The molecular formula is C20H18FKN2O4. The molecule has 6 nitrogen and oxygen atoms in total. The zero-order chi connectivity index (χ0) is 19.0. The van der Waals surface area contributed by atoms with Crippen molar-refractivity contribution >= 4 is 17.7 Å². The largest absolute Gasteiger partial charge is 1.00 e. The van der Waals surface area contributed by atoms with Crippen LogP contribution in [0, 0.1) is 0 Å². The standard InChI is InChI=1S/C20H19FN2O4.K/c21-15-10-17(19(24)25)23(11-15)20(26)22-16-3-1-2-12(9-16)13-4-5-18-14(8-13)6-7-27-18;/h1-5,8-9,15,17H,6-7,10-11H2,(H,22,26)(H,24,25);/q;+1/p-1/t15-,17-;/m0./s1. The van der Waals surface area contributed by atoms with Crippen LogP contribution in [0.15, 0.2) is 42.5 Å². The summed E-state index contributed by atoms with van der Waals surface area (Å²) in [4.78, 5) is 24.5. The van der Waals surface area contributed by atoms with Crippen molar-refractivity contribution in [2.75, 3.05) is 18.5 Å². The second-order valence-corrected chi connectivity index (χ2v) is 6.75. The zero-order valence-electron chi connectivity index (χ0n) is 15.5. The third kappa shape index (κ3) is 4.41. The Kier molecular flexibility index (Phi) is 6.77. The molecule has 0 bridgehead atoms. The summed E-state index contributed by atoms with van der Waals surface area (Å²) in [6, 6.07) is 11.3. The maximum absolute atomic E-state index is 13.6. The summed E-state index contributed by atoms with van der Waals surface area (Å²) in [6.07, 6.45) is -0.741. The van der Waals surface area contributed by atoms with Crippen molar-refractivity contribution < 1.29 is 75.2 Å². The van der Waals surface area contributed by atoms with Gasteiger partial charge < -0.3 is 24.9 Å². The number of aliphatic carboxylic acids is 1. The van der Waals surface area contributed by atoms with Crippen LogP contribution in [-0.2, 0) is 11.2 Å². The predicted octanol–water partition coefficient (Wildman–Crippen LogP) is -1.01. The monoisotopic (exact) mass is 408 g/mol. The molecular weight excluding hydrogens is 390 g/mol. The summed E-state index contributed by atoms with van der Waals surface area (Å²) in [7, 11) is 0. The first-order valence-electron chi connectivity index (χ1n) is 8.80. The Balaban J connectivity index is 0.00000225. The number of nitrogens with zero attached hydrogens (tertiary/aromatic N) is 1. The van der Waals surface area contributed by atoms with Crippen LogP contribution in [0.2, 0.25) is 0 Å². The van der Waals surface area contributed by atoms with Gasteiger partial charge in [0.15, 0.2) is 0 Å². The van der Waals surface area contributed by atoms with Gasteiger partial charge in [0.25, 0.3) is 0 Å². The molecule has 2 aliphatic heterocycles. The molecule has 1 fully saturated rings. The number of fused-ring (bicyclic) bond motifs is 1. The zero-order valence-corrected chi connectivity index (χ0v) is 18.6. The van der Waals surface area contributed by atoms with Crippen LogP contribution < -0.4 is 66.5 Å². The Hall–Kier alpha value is -1.45. The summed E-state index contributed by atoms with van der Waals surface area (Å²) in [5.74, 6) is -0.550. The molecule has 1 N–H and O–H groups in total. The molecule has 2 aromatic rings. The molecule has 28 heavy (non-hydrogen) atoms. The number of anilines is 1. The Labute approximate surface area is 204 Å². The third-order valence-electron chi connectivity index (χ3n) is 4.92. The summed E-state index contributed by atoms with van der Waals surface area (Å²) in [5, 5.41) is 13.8. The number of amides is 2. The number of hydrogen-bond donors (Lipinski definition) is 1. The summed E-state index contributed by atoms with van der Waals surface area (Å²) < 4.78 is 19.1. The van der Waals surface area contributed by atoms with E-state index in [2.05, 4.69) is 11.4 Å². The van der Waals surface area contributed by atoms with Crippen molar-refractivity contribution in [2.24, 2.45) is 0 Å². The third-order valence-corrected chi connectivity index (χ3v) is 4.92. The first kappa shape index (κ1) is 21.3. The fraction of sp³-hybridized carbons (Fsp3) is 0.300. The molecule has 2 aromatic carbocycles. The van der Waals surface area contributed by atoms with Crippen molar-refractivity contribution in [1.82, 2.24) is 4.90 Å². The van der Waals surface area contributed by atoms with Crippen LogP contribution in [-0.4, -0.2) is 42.3 Å². The van der Waals surface area contributed by atoms with E-state index in [1.165, 1.54) is 0 Å². The topological polar surface area (TPSA) is 81.7 Å². The summed E-state index contributed by atoms with van der Waals surface area (Å²) in [6.45, 7) is 0.425. The van der Waals surface area contributed by atoms with Gasteiger partial charge in [0.1, 0.15) is 11.9 Å². The van der Waals surface area contributed by atoms with Crippen molar-refractivity contribution in [3.63, 3.8) is 0 Å². The van der Waals surface area contributed by atoms with E-state index in [9.17, 15) is 19.1 Å². The van der Waals surface area contributed by atoms with Gasteiger partial charge >= 0.3 is 57.4 Å². The summed E-state index contributed by atoms with van der Waals surface area (Å²) in [5.41, 5.74) is 3.55. The Bertz CT molecular complexity index is 908. The fourth-order valence-electron chi connectivity index (χ4n) is 3.57. The molecule has 0 unspecified atom stereocenters. The first-order chi connectivity index (χ1) is 13.0. The number of carbonyl (C=O) groups is 2. The minimum absolute atomic E-state index is 0. The Morgan fingerprint density at radius 2 is 1.96 bits per heavy atom. The molecule has 2 atom stereocenters. The number of likely N-dealkylation sites (tertiary alicyclic amines) is 1. The van der Waals surface area contributed by atoms with Crippen LogP contribution in [0.1, 0.15) is 12.0 Å². The SMILES string of the molecule is O=C([O-])[C@@H]1C[C@H](F)CN1C(=O)Nc1cccc(-c2ccc3c(c2)CCO3)c1.[K+]. The number of alkyl halides is 1. The van der Waals surface area contributed by atoms with Gasteiger partial charge in [-0.05, 0) is 41.0 Å². The van der Waals surface area contributed by atoms with E-state index < -0.39 is 24.2 Å². The number of carboxylic acids is 1. The maximum Gasteiger partial charge on any atom is 1.00 e. The molecule has 0 radical (unpaired) electrons. The second kappa shape index (κ2) is 8.92. The predicted molar refractivity (Wildman–Crippen MR) is 95.1 cm³/mol. The number of benzene rings is 2. The molecule has 140 valence electrons. The van der Waals surface area contributed by atoms with Crippen LogP contribution in [0.4, 0.5) is 14.9 Å². The molecule has 2 heterocycles. The number of carboxylic acid groups (broad SMARTS) is 1. The van der Waals surface area contributed by atoms with Gasteiger partial charge in [0.2, 0.25) is 0 Å². The van der Waals surface area contributed by atoms with E-state index in [0.29, 0.717) is 12.3 Å². The molecule has 0 aromatic heterocycles. The van der Waals surface area contributed by atoms with Crippen LogP contribution in [0.5, 0.6) is 5.75 Å². The van der Waals surface area contributed by atoms with Gasteiger partial charge in [0.05, 0.1) is 25.2 Å². The van der Waals surface area contributed by atoms with Crippen molar-refractivity contribution in [3.8, 4) is 16.9 Å². The second-order valence-electron chi connectivity index (χ2n) is 6.75. The smallest absolute Gasteiger partial charge is 0.548 e. The molecule has 0 saturated carbocycles. The fourth-order valence-corrected chi connectivity index (χ4v) is 3.57. The van der Waals surface area contributed by atoms with Gasteiger partial charge in [0, 0.05) is 18.5 Å². The normalized spacial score (nSPS) is 20.1. The van der Waals surface area contributed by atoms with Crippen molar-refractivity contribution in [2.45, 2.75) is 25.1 Å². The van der Waals surface area contributed by atoms with Crippen molar-refractivity contribution in [3.05, 3.63) is 48.0 Å². The number of nitrogens with one attached hydrogen (secondary N) is 1. The van der Waals surface area contributed by atoms with Gasteiger partial charge in [-0.15, -0.1) is 0 Å². The van der Waals surface area contributed by atoms with Crippen LogP contribution in [0.25, 0.3) is 11.1 Å². The molecule has 0 spiro atoms. The molecule has 0 aliphatic carbocycles. The Morgan fingerprint density at radius 1 is 1.18 bits per heavy atom. The quantitative estimate of drug-likeness (QED) is 0.660. The molecule has 2 aliphatic rings. The average Bonchev–Trinajstić information content (AvgIpc) is 3.27. The van der Waals surface area contributed by atoms with Gasteiger partial charge in [-0.1, -0.05) is 18.2 Å². The average molecular weight is 408 g/mol. The molecule has 4 rings (SSSR count). The van der Waals surface area contributed by atoms with E-state index in [0.717, 1.165) is 33.8 Å². The van der Waals surface area contributed by atoms with Gasteiger partial charge in [-0.2, -0.15) is 0 Å². The summed E-state index contributed by atoms with van der Waals surface area (Å²) >= 11 is 0. The number of halogens is 1. The van der Waals surface area contributed by atoms with E-state index >= 15 is 0 Å². The van der Waals surface area contributed by atoms with Gasteiger partial charge in [-0.3, -0.25) is 0 Å².